The molecular formula is C21H22ClNO3S2. The first-order valence-corrected chi connectivity index (χ1v) is 12.0. The van der Waals surface area contributed by atoms with E-state index in [0.29, 0.717) is 23.7 Å². The summed E-state index contributed by atoms with van der Waals surface area (Å²) in [5, 5.41) is 2.23. The van der Waals surface area contributed by atoms with Gasteiger partial charge in [0.1, 0.15) is 6.54 Å². The highest BCUT2D eigenvalue weighted by atomic mass is 35.5. The number of benzene rings is 1. The van der Waals surface area contributed by atoms with Gasteiger partial charge in [0.05, 0.1) is 11.6 Å². The highest BCUT2D eigenvalue weighted by molar-refractivity contribution is 8.00. The third kappa shape index (κ3) is 2.96. The van der Waals surface area contributed by atoms with Crippen LogP contribution in [0.1, 0.15) is 42.5 Å². The molecule has 2 heterocycles. The molecule has 2 saturated carbocycles. The van der Waals surface area contributed by atoms with Crippen molar-refractivity contribution < 1.29 is 9.53 Å². The molecule has 7 heteroatoms. The van der Waals surface area contributed by atoms with Crippen molar-refractivity contribution >= 4 is 40.7 Å². The average Bonchev–Trinajstić information content (AvgIpc) is 3.36. The van der Waals surface area contributed by atoms with E-state index in [2.05, 4.69) is 12.1 Å². The van der Waals surface area contributed by atoms with Crippen molar-refractivity contribution in [3.05, 3.63) is 49.4 Å². The van der Waals surface area contributed by atoms with Crippen LogP contribution in [-0.2, 0) is 16.1 Å². The highest BCUT2D eigenvalue weighted by Crippen LogP contribution is 2.64. The summed E-state index contributed by atoms with van der Waals surface area (Å²) in [6.07, 6.45) is 3.88. The van der Waals surface area contributed by atoms with Crippen LogP contribution in [0.25, 0.3) is 0 Å². The molecule has 2 aromatic rings. The number of aromatic nitrogens is 1. The van der Waals surface area contributed by atoms with Crippen LogP contribution in [0, 0.1) is 17.8 Å². The Morgan fingerprint density at radius 3 is 2.75 bits per heavy atom. The average molecular weight is 436 g/mol. The second-order valence-electron chi connectivity index (χ2n) is 7.95. The quantitative estimate of drug-likeness (QED) is 0.648. The van der Waals surface area contributed by atoms with E-state index in [9.17, 15) is 9.59 Å². The second kappa shape index (κ2) is 7.22. The Morgan fingerprint density at radius 1 is 1.25 bits per heavy atom. The van der Waals surface area contributed by atoms with E-state index < -0.39 is 0 Å². The number of hydrogen-bond acceptors (Lipinski definition) is 5. The molecule has 0 radical (unpaired) electrons. The van der Waals surface area contributed by atoms with E-state index in [0.717, 1.165) is 20.8 Å². The summed E-state index contributed by atoms with van der Waals surface area (Å²) in [4.78, 5) is 26.0. The van der Waals surface area contributed by atoms with Crippen molar-refractivity contribution in [2.24, 2.45) is 17.8 Å². The number of carbonyl (C=O) groups excluding carboxylic acids is 1. The normalized spacial score (nSPS) is 30.1. The SMILES string of the molecule is CCOC(=O)Cn1c2c(sc1=O)[C@H](c1ccc(Cl)cc1)[C@@H]1[C@H]3CC[C@@H](C3)[C@@H]1S2. The summed E-state index contributed by atoms with van der Waals surface area (Å²) >= 11 is 9.28. The molecule has 0 unspecified atom stereocenters. The third-order valence-electron chi connectivity index (χ3n) is 6.51. The van der Waals surface area contributed by atoms with E-state index in [1.54, 1.807) is 11.5 Å². The number of fused-ring (bicyclic) bond motifs is 6. The van der Waals surface area contributed by atoms with E-state index in [1.165, 1.54) is 36.2 Å². The summed E-state index contributed by atoms with van der Waals surface area (Å²) in [6.45, 7) is 2.12. The minimum absolute atomic E-state index is 0.00429. The van der Waals surface area contributed by atoms with Gasteiger partial charge in [0.15, 0.2) is 0 Å². The Labute approximate surface area is 177 Å². The van der Waals surface area contributed by atoms with Crippen LogP contribution in [0.15, 0.2) is 34.1 Å². The highest BCUT2D eigenvalue weighted by Gasteiger charge is 2.55. The Balaban J connectivity index is 1.61. The molecule has 0 N–H and O–H groups in total. The van der Waals surface area contributed by atoms with Gasteiger partial charge in [0, 0.05) is 21.1 Å². The minimum atomic E-state index is -0.344. The second-order valence-corrected chi connectivity index (χ2v) is 10.5. The first-order chi connectivity index (χ1) is 13.6. The topological polar surface area (TPSA) is 48.3 Å². The number of carbonyl (C=O) groups is 1. The number of hydrogen-bond donors (Lipinski definition) is 0. The zero-order chi connectivity index (χ0) is 19.4. The number of thiazole rings is 1. The molecule has 1 aromatic heterocycles. The fourth-order valence-corrected chi connectivity index (χ4v) is 8.74. The van der Waals surface area contributed by atoms with Gasteiger partial charge in [-0.05, 0) is 61.6 Å². The summed E-state index contributed by atoms with van der Waals surface area (Å²) < 4.78 is 6.75. The number of nitrogens with zero attached hydrogens (tertiary/aromatic N) is 1. The van der Waals surface area contributed by atoms with Gasteiger partial charge >= 0.3 is 10.8 Å². The molecule has 0 amide bonds. The monoisotopic (exact) mass is 435 g/mol. The molecule has 28 heavy (non-hydrogen) atoms. The van der Waals surface area contributed by atoms with Crippen LogP contribution in [0.5, 0.6) is 0 Å². The van der Waals surface area contributed by atoms with Crippen LogP contribution in [0.3, 0.4) is 0 Å². The van der Waals surface area contributed by atoms with Gasteiger partial charge in [-0.2, -0.15) is 0 Å². The molecule has 0 spiro atoms. The van der Waals surface area contributed by atoms with Gasteiger partial charge in [-0.15, -0.1) is 11.8 Å². The molecule has 5 rings (SSSR count). The van der Waals surface area contributed by atoms with Gasteiger partial charge in [-0.1, -0.05) is 35.1 Å². The maximum Gasteiger partial charge on any atom is 0.326 e. The molecule has 2 aliphatic carbocycles. The predicted octanol–water partition coefficient (Wildman–Crippen LogP) is 4.78. The lowest BCUT2D eigenvalue weighted by Crippen LogP contribution is -2.34. The minimum Gasteiger partial charge on any atom is -0.465 e. The predicted molar refractivity (Wildman–Crippen MR) is 112 cm³/mol. The van der Waals surface area contributed by atoms with E-state index >= 15 is 0 Å². The van der Waals surface area contributed by atoms with Crippen molar-refractivity contribution in [2.45, 2.75) is 48.9 Å². The third-order valence-corrected chi connectivity index (χ3v) is 9.59. The lowest BCUT2D eigenvalue weighted by Gasteiger charge is -2.40. The first-order valence-electron chi connectivity index (χ1n) is 9.88. The zero-order valence-corrected chi connectivity index (χ0v) is 18.0. The summed E-state index contributed by atoms with van der Waals surface area (Å²) in [7, 11) is 0. The number of rotatable bonds is 4. The molecule has 2 bridgehead atoms. The number of ether oxygens (including phenoxy) is 1. The van der Waals surface area contributed by atoms with E-state index in [1.807, 2.05) is 23.9 Å². The molecule has 0 saturated heterocycles. The maximum atomic E-state index is 12.8. The van der Waals surface area contributed by atoms with Crippen molar-refractivity contribution in [3.8, 4) is 0 Å². The maximum absolute atomic E-state index is 12.8. The summed E-state index contributed by atoms with van der Waals surface area (Å²) in [5.74, 6) is 1.88. The molecule has 4 nitrogen and oxygen atoms in total. The molecule has 3 aliphatic rings. The van der Waals surface area contributed by atoms with Crippen molar-refractivity contribution in [2.75, 3.05) is 6.61 Å². The van der Waals surface area contributed by atoms with E-state index in [-0.39, 0.29) is 23.3 Å². The fraction of sp³-hybridized carbons (Fsp3) is 0.524. The van der Waals surface area contributed by atoms with Crippen LogP contribution in [-0.4, -0.2) is 22.4 Å². The Kier molecular flexibility index (Phi) is 4.84. The van der Waals surface area contributed by atoms with Crippen molar-refractivity contribution in [3.63, 3.8) is 0 Å². The van der Waals surface area contributed by atoms with Crippen molar-refractivity contribution in [1.29, 1.82) is 0 Å². The van der Waals surface area contributed by atoms with Crippen LogP contribution >= 0.6 is 34.7 Å². The molecular weight excluding hydrogens is 414 g/mol. The van der Waals surface area contributed by atoms with Gasteiger partial charge < -0.3 is 4.74 Å². The Hall–Kier alpha value is -1.24. The Morgan fingerprint density at radius 2 is 2.00 bits per heavy atom. The summed E-state index contributed by atoms with van der Waals surface area (Å²) in [6, 6.07) is 8.10. The molecule has 148 valence electrons. The lowest BCUT2D eigenvalue weighted by atomic mass is 9.75. The molecule has 5 atom stereocenters. The fourth-order valence-electron chi connectivity index (χ4n) is 5.47. The molecule has 2 fully saturated rings. The van der Waals surface area contributed by atoms with Crippen LogP contribution in [0.4, 0.5) is 0 Å². The first kappa shape index (κ1) is 18.8. The summed E-state index contributed by atoms with van der Waals surface area (Å²) in [5.41, 5.74) is 1.23. The largest absolute Gasteiger partial charge is 0.465 e. The van der Waals surface area contributed by atoms with Crippen LogP contribution in [0.2, 0.25) is 5.02 Å². The smallest absolute Gasteiger partial charge is 0.326 e. The van der Waals surface area contributed by atoms with Gasteiger partial charge in [-0.25, -0.2) is 0 Å². The number of esters is 1. The Bertz CT molecular complexity index is 967. The van der Waals surface area contributed by atoms with Crippen molar-refractivity contribution in [1.82, 2.24) is 4.57 Å². The van der Waals surface area contributed by atoms with Crippen LogP contribution < -0.4 is 4.87 Å². The number of thioether (sulfide) groups is 1. The van der Waals surface area contributed by atoms with Gasteiger partial charge in [-0.3, -0.25) is 14.2 Å². The molecule has 1 aromatic carbocycles. The van der Waals surface area contributed by atoms with E-state index in [4.69, 9.17) is 16.3 Å². The molecule has 1 aliphatic heterocycles. The lowest BCUT2D eigenvalue weighted by molar-refractivity contribution is -0.144. The zero-order valence-electron chi connectivity index (χ0n) is 15.6. The number of halogens is 1. The standard InChI is InChI=1S/C21H22ClNO3S2/c1-2-26-15(24)10-23-20-19(28-21(23)25)16(11-5-7-14(22)8-6-11)17-12-3-4-13(9-12)18(17)27-20/h5-8,12-13,16-18H,2-4,9-10H2,1H3/t12-,13-,16+,17-,18-/m0/s1. The van der Waals surface area contributed by atoms with Gasteiger partial charge in [0.2, 0.25) is 0 Å². The van der Waals surface area contributed by atoms with Gasteiger partial charge in [0.25, 0.3) is 0 Å².